The predicted octanol–water partition coefficient (Wildman–Crippen LogP) is 5.84. The molecule has 0 bridgehead atoms. The van der Waals surface area contributed by atoms with Crippen LogP contribution in [0.1, 0.15) is 55.6 Å². The van der Waals surface area contributed by atoms with Gasteiger partial charge in [0, 0.05) is 23.6 Å². The first-order chi connectivity index (χ1) is 13.4. The molecule has 3 heteroatoms. The second-order valence-electron chi connectivity index (χ2n) is 7.90. The van der Waals surface area contributed by atoms with Crippen LogP contribution in [0.2, 0.25) is 0 Å². The SMILES string of the molecule is O=COc1ccc2c(C3CCCCC3)c3n(c2c1)CCCc1ccccc1-3. The first-order valence-electron chi connectivity index (χ1n) is 10.2. The maximum atomic E-state index is 10.8. The summed E-state index contributed by atoms with van der Waals surface area (Å²) in [6, 6.07) is 15.1. The van der Waals surface area contributed by atoms with Crippen molar-refractivity contribution in [3.8, 4) is 17.0 Å². The molecule has 0 N–H and O–H groups in total. The molecular formula is C24H25NO2. The minimum Gasteiger partial charge on any atom is -0.429 e. The standard InChI is InChI=1S/C24H25NO2/c26-16-27-19-12-13-21-22(15-19)25-14-6-10-17-7-4-5-11-20(17)24(25)23(21)18-8-2-1-3-9-18/h4-5,7,11-13,15-16,18H,1-3,6,8-10,14H2. The van der Waals surface area contributed by atoms with Crippen molar-refractivity contribution in [3.05, 3.63) is 53.6 Å². The fourth-order valence-corrected chi connectivity index (χ4v) is 5.21. The van der Waals surface area contributed by atoms with Crippen molar-refractivity contribution in [1.29, 1.82) is 0 Å². The number of benzene rings is 2. The molecule has 1 fully saturated rings. The molecule has 5 rings (SSSR count). The van der Waals surface area contributed by atoms with Crippen LogP contribution in [-0.2, 0) is 17.8 Å². The van der Waals surface area contributed by atoms with Crippen molar-refractivity contribution in [2.45, 2.75) is 57.4 Å². The third-order valence-corrected chi connectivity index (χ3v) is 6.37. The molecule has 0 amide bonds. The number of aryl methyl sites for hydroxylation is 2. The largest absolute Gasteiger partial charge is 0.429 e. The Morgan fingerprint density at radius 3 is 2.70 bits per heavy atom. The van der Waals surface area contributed by atoms with Gasteiger partial charge < -0.3 is 9.30 Å². The Labute approximate surface area is 160 Å². The summed E-state index contributed by atoms with van der Waals surface area (Å²) in [5, 5.41) is 1.34. The maximum Gasteiger partial charge on any atom is 0.298 e. The second kappa shape index (κ2) is 6.88. The van der Waals surface area contributed by atoms with Gasteiger partial charge in [0.15, 0.2) is 0 Å². The number of hydrogen-bond donors (Lipinski definition) is 0. The van der Waals surface area contributed by atoms with Crippen LogP contribution in [0.4, 0.5) is 0 Å². The number of carbonyl (C=O) groups is 1. The third kappa shape index (κ3) is 2.77. The monoisotopic (exact) mass is 359 g/mol. The summed E-state index contributed by atoms with van der Waals surface area (Å²) in [5.74, 6) is 1.26. The van der Waals surface area contributed by atoms with Crippen molar-refractivity contribution in [2.24, 2.45) is 0 Å². The molecule has 1 aromatic heterocycles. The molecular weight excluding hydrogens is 334 g/mol. The molecule has 0 spiro atoms. The first kappa shape index (κ1) is 16.6. The summed E-state index contributed by atoms with van der Waals surface area (Å²) in [4.78, 5) is 10.8. The van der Waals surface area contributed by atoms with Crippen LogP contribution in [0, 0.1) is 0 Å². The number of carbonyl (C=O) groups excluding carboxylic acids is 1. The Bertz CT molecular complexity index is 995. The molecule has 0 atom stereocenters. The molecule has 1 aliphatic carbocycles. The highest BCUT2D eigenvalue weighted by molar-refractivity contribution is 5.94. The molecule has 0 radical (unpaired) electrons. The summed E-state index contributed by atoms with van der Waals surface area (Å²) in [7, 11) is 0. The zero-order valence-corrected chi connectivity index (χ0v) is 15.6. The predicted molar refractivity (Wildman–Crippen MR) is 108 cm³/mol. The molecule has 1 aliphatic heterocycles. The number of rotatable bonds is 3. The summed E-state index contributed by atoms with van der Waals surface area (Å²) >= 11 is 0. The Hall–Kier alpha value is -2.55. The molecule has 2 aromatic carbocycles. The van der Waals surface area contributed by atoms with Gasteiger partial charge in [-0.2, -0.15) is 0 Å². The van der Waals surface area contributed by atoms with Gasteiger partial charge in [0.05, 0.1) is 11.2 Å². The highest BCUT2D eigenvalue weighted by Crippen LogP contribution is 2.46. The van der Waals surface area contributed by atoms with Crippen LogP contribution in [0.5, 0.6) is 5.75 Å². The van der Waals surface area contributed by atoms with Gasteiger partial charge in [-0.1, -0.05) is 43.5 Å². The van der Waals surface area contributed by atoms with Crippen LogP contribution in [0.3, 0.4) is 0 Å². The van der Waals surface area contributed by atoms with Gasteiger partial charge in [0.1, 0.15) is 5.75 Å². The lowest BCUT2D eigenvalue weighted by Crippen LogP contribution is -2.06. The molecule has 3 nitrogen and oxygen atoms in total. The Kier molecular flexibility index (Phi) is 4.23. The maximum absolute atomic E-state index is 10.8. The van der Waals surface area contributed by atoms with Crippen molar-refractivity contribution in [1.82, 2.24) is 4.57 Å². The molecule has 138 valence electrons. The highest BCUT2D eigenvalue weighted by atomic mass is 16.5. The van der Waals surface area contributed by atoms with E-state index in [0.717, 1.165) is 19.4 Å². The number of nitrogens with zero attached hydrogens (tertiary/aromatic N) is 1. The van der Waals surface area contributed by atoms with Gasteiger partial charge in [-0.05, 0) is 54.9 Å². The van der Waals surface area contributed by atoms with E-state index >= 15 is 0 Å². The average Bonchev–Trinajstić information content (AvgIpc) is 2.90. The molecule has 0 saturated heterocycles. The van der Waals surface area contributed by atoms with E-state index in [1.54, 1.807) is 0 Å². The van der Waals surface area contributed by atoms with Crippen LogP contribution >= 0.6 is 0 Å². The molecule has 27 heavy (non-hydrogen) atoms. The summed E-state index contributed by atoms with van der Waals surface area (Å²) < 4.78 is 7.66. The number of ether oxygens (including phenoxy) is 1. The van der Waals surface area contributed by atoms with Crippen LogP contribution < -0.4 is 4.74 Å². The quantitative estimate of drug-likeness (QED) is 0.550. The molecule has 3 aromatic rings. The van der Waals surface area contributed by atoms with Gasteiger partial charge >= 0.3 is 0 Å². The zero-order valence-electron chi connectivity index (χ0n) is 15.6. The van der Waals surface area contributed by atoms with Crippen molar-refractivity contribution in [3.63, 3.8) is 0 Å². The van der Waals surface area contributed by atoms with E-state index in [9.17, 15) is 4.79 Å². The fraction of sp³-hybridized carbons (Fsp3) is 0.375. The lowest BCUT2D eigenvalue weighted by atomic mass is 9.81. The van der Waals surface area contributed by atoms with Gasteiger partial charge in [-0.3, -0.25) is 4.79 Å². The topological polar surface area (TPSA) is 31.2 Å². The van der Waals surface area contributed by atoms with E-state index in [1.807, 2.05) is 12.1 Å². The Morgan fingerprint density at radius 2 is 1.85 bits per heavy atom. The third-order valence-electron chi connectivity index (χ3n) is 6.37. The Morgan fingerprint density at radius 1 is 1.00 bits per heavy atom. The minimum atomic E-state index is 0.519. The summed E-state index contributed by atoms with van der Waals surface area (Å²) in [6.45, 7) is 1.53. The van der Waals surface area contributed by atoms with Crippen LogP contribution in [0.15, 0.2) is 42.5 Å². The van der Waals surface area contributed by atoms with Crippen molar-refractivity contribution < 1.29 is 9.53 Å². The van der Waals surface area contributed by atoms with Gasteiger partial charge in [0.2, 0.25) is 0 Å². The molecule has 1 saturated carbocycles. The number of hydrogen-bond acceptors (Lipinski definition) is 2. The fourth-order valence-electron chi connectivity index (χ4n) is 5.21. The van der Waals surface area contributed by atoms with Gasteiger partial charge in [-0.15, -0.1) is 0 Å². The molecule has 2 heterocycles. The smallest absolute Gasteiger partial charge is 0.298 e. The van der Waals surface area contributed by atoms with Crippen molar-refractivity contribution in [2.75, 3.05) is 0 Å². The minimum absolute atomic E-state index is 0.519. The van der Waals surface area contributed by atoms with E-state index in [1.165, 1.54) is 65.4 Å². The number of fused-ring (bicyclic) bond motifs is 5. The van der Waals surface area contributed by atoms with Gasteiger partial charge in [0.25, 0.3) is 6.47 Å². The summed E-state index contributed by atoms with van der Waals surface area (Å²) in [6.07, 6.45) is 8.82. The second-order valence-corrected chi connectivity index (χ2v) is 7.90. The van der Waals surface area contributed by atoms with E-state index in [2.05, 4.69) is 34.9 Å². The lowest BCUT2D eigenvalue weighted by molar-refractivity contribution is -0.120. The molecule has 0 unspecified atom stereocenters. The average molecular weight is 359 g/mol. The Balaban J connectivity index is 1.81. The first-order valence-corrected chi connectivity index (χ1v) is 10.2. The van der Waals surface area contributed by atoms with E-state index in [-0.39, 0.29) is 0 Å². The number of aromatic nitrogens is 1. The normalized spacial score (nSPS) is 17.2. The van der Waals surface area contributed by atoms with E-state index in [0.29, 0.717) is 18.1 Å². The van der Waals surface area contributed by atoms with Gasteiger partial charge in [-0.25, -0.2) is 0 Å². The van der Waals surface area contributed by atoms with Crippen LogP contribution in [0.25, 0.3) is 22.2 Å². The molecule has 2 aliphatic rings. The lowest BCUT2D eigenvalue weighted by Gasteiger charge is -2.24. The van der Waals surface area contributed by atoms with Crippen molar-refractivity contribution >= 4 is 17.4 Å². The summed E-state index contributed by atoms with van der Waals surface area (Å²) in [5.41, 5.74) is 7.00. The zero-order chi connectivity index (χ0) is 18.2. The van der Waals surface area contributed by atoms with E-state index < -0.39 is 0 Å². The van der Waals surface area contributed by atoms with E-state index in [4.69, 9.17) is 4.74 Å². The highest BCUT2D eigenvalue weighted by Gasteiger charge is 2.28. The van der Waals surface area contributed by atoms with Crippen LogP contribution in [-0.4, -0.2) is 11.0 Å².